The standard InChI is InChI=1S/C31H32N2O4S/c1-31(2)18-17-24-14-15-25(28(36-4)29(24)37-31)21-33(30(38)32-20-23-9-6-5-7-10-23)26-12-8-11-22(19-26)13-16-27(34)35-3/h5-19H,20-21H2,1-4H3,(H,32,38)/b16-13+. The number of thiocarbonyl (C=S) groups is 1. The van der Waals surface area contributed by atoms with E-state index in [4.69, 9.17) is 26.4 Å². The topological polar surface area (TPSA) is 60.0 Å². The van der Waals surface area contributed by atoms with Gasteiger partial charge in [-0.1, -0.05) is 60.7 Å². The van der Waals surface area contributed by atoms with Crippen LogP contribution >= 0.6 is 12.2 Å². The second kappa shape index (κ2) is 12.0. The van der Waals surface area contributed by atoms with Crippen LogP contribution in [0.4, 0.5) is 5.69 Å². The second-order valence-corrected chi connectivity index (χ2v) is 9.78. The van der Waals surface area contributed by atoms with Crippen LogP contribution in [0.15, 0.2) is 78.9 Å². The van der Waals surface area contributed by atoms with Gasteiger partial charge in [-0.05, 0) is 61.5 Å². The van der Waals surface area contributed by atoms with E-state index >= 15 is 0 Å². The first-order chi connectivity index (χ1) is 18.3. The van der Waals surface area contributed by atoms with Crippen LogP contribution in [-0.2, 0) is 22.6 Å². The van der Waals surface area contributed by atoms with Crippen LogP contribution < -0.4 is 19.7 Å². The number of rotatable bonds is 8. The van der Waals surface area contributed by atoms with E-state index in [-0.39, 0.29) is 0 Å². The molecular formula is C31H32N2O4S. The number of esters is 1. The van der Waals surface area contributed by atoms with E-state index in [0.717, 1.165) is 33.7 Å². The number of nitrogens with zero attached hydrogens (tertiary/aromatic N) is 1. The molecule has 1 aliphatic rings. The van der Waals surface area contributed by atoms with Crippen molar-refractivity contribution >= 4 is 41.1 Å². The summed E-state index contributed by atoms with van der Waals surface area (Å²) in [4.78, 5) is 13.6. The van der Waals surface area contributed by atoms with Gasteiger partial charge in [-0.3, -0.25) is 0 Å². The lowest BCUT2D eigenvalue weighted by Crippen LogP contribution is -2.39. The van der Waals surface area contributed by atoms with Crippen LogP contribution in [0.25, 0.3) is 12.2 Å². The van der Waals surface area contributed by atoms with Crippen LogP contribution in [0.5, 0.6) is 11.5 Å². The minimum absolute atomic E-state index is 0.414. The average molecular weight is 529 g/mol. The summed E-state index contributed by atoms with van der Waals surface area (Å²) in [5, 5.41) is 3.95. The van der Waals surface area contributed by atoms with Crippen molar-refractivity contribution in [2.24, 2.45) is 0 Å². The molecule has 0 unspecified atom stereocenters. The van der Waals surface area contributed by atoms with Gasteiger partial charge >= 0.3 is 5.97 Å². The molecule has 196 valence electrons. The van der Waals surface area contributed by atoms with Crippen LogP contribution in [0.2, 0.25) is 0 Å². The molecule has 6 nitrogen and oxygen atoms in total. The fraction of sp³-hybridized carbons (Fsp3) is 0.226. The van der Waals surface area contributed by atoms with Gasteiger partial charge in [0.2, 0.25) is 0 Å². The lowest BCUT2D eigenvalue weighted by atomic mass is 10.00. The first kappa shape index (κ1) is 26.9. The Morgan fingerprint density at radius 1 is 1.08 bits per heavy atom. The van der Waals surface area contributed by atoms with Gasteiger partial charge in [-0.25, -0.2) is 4.79 Å². The molecule has 7 heteroatoms. The molecule has 0 bridgehead atoms. The third-order valence-corrected chi connectivity index (χ3v) is 6.48. The molecule has 0 aromatic heterocycles. The van der Waals surface area contributed by atoms with Crippen molar-refractivity contribution in [3.8, 4) is 11.5 Å². The van der Waals surface area contributed by atoms with Gasteiger partial charge in [0, 0.05) is 29.4 Å². The molecule has 0 radical (unpaired) electrons. The molecular weight excluding hydrogens is 496 g/mol. The summed E-state index contributed by atoms with van der Waals surface area (Å²) in [5.41, 5.74) is 4.29. The molecule has 1 N–H and O–H groups in total. The quantitative estimate of drug-likeness (QED) is 0.214. The highest BCUT2D eigenvalue weighted by Gasteiger charge is 2.27. The number of nitrogens with one attached hydrogen (secondary N) is 1. The molecule has 0 fully saturated rings. The molecule has 4 rings (SSSR count). The fourth-order valence-corrected chi connectivity index (χ4v) is 4.38. The number of carbonyl (C=O) groups is 1. The first-order valence-corrected chi connectivity index (χ1v) is 12.7. The zero-order chi connectivity index (χ0) is 27.1. The predicted molar refractivity (Wildman–Crippen MR) is 156 cm³/mol. The van der Waals surface area contributed by atoms with E-state index in [0.29, 0.717) is 24.0 Å². The summed E-state index contributed by atoms with van der Waals surface area (Å²) < 4.78 is 16.9. The molecule has 38 heavy (non-hydrogen) atoms. The maximum absolute atomic E-state index is 11.6. The Kier molecular flexibility index (Phi) is 8.48. The maximum Gasteiger partial charge on any atom is 0.330 e. The third kappa shape index (κ3) is 6.61. The maximum atomic E-state index is 11.6. The molecule has 1 aliphatic heterocycles. The SMILES string of the molecule is COC(=O)/C=C/c1cccc(N(Cc2ccc3c(c2OC)OC(C)(C)C=C3)C(=S)NCc2ccccc2)c1. The Morgan fingerprint density at radius 2 is 1.87 bits per heavy atom. The number of methoxy groups -OCH3 is 2. The molecule has 3 aromatic carbocycles. The smallest absolute Gasteiger partial charge is 0.330 e. The molecule has 0 atom stereocenters. The fourth-order valence-electron chi connectivity index (χ4n) is 4.14. The Hall–Kier alpha value is -4.10. The van der Waals surface area contributed by atoms with Crippen molar-refractivity contribution in [1.82, 2.24) is 5.32 Å². The van der Waals surface area contributed by atoms with E-state index < -0.39 is 11.6 Å². The van der Waals surface area contributed by atoms with Crippen molar-refractivity contribution in [2.45, 2.75) is 32.5 Å². The zero-order valence-electron chi connectivity index (χ0n) is 22.1. The molecule has 0 aliphatic carbocycles. The second-order valence-electron chi connectivity index (χ2n) is 9.40. The minimum Gasteiger partial charge on any atom is -0.492 e. The largest absolute Gasteiger partial charge is 0.492 e. The monoisotopic (exact) mass is 528 g/mol. The Morgan fingerprint density at radius 3 is 2.61 bits per heavy atom. The summed E-state index contributed by atoms with van der Waals surface area (Å²) >= 11 is 5.90. The molecule has 0 saturated heterocycles. The number of anilines is 1. The summed E-state index contributed by atoms with van der Waals surface area (Å²) in [7, 11) is 3.01. The van der Waals surface area contributed by atoms with E-state index in [2.05, 4.69) is 23.5 Å². The Bertz CT molecular complexity index is 1370. The summed E-state index contributed by atoms with van der Waals surface area (Å²) in [6.45, 7) is 5.05. The van der Waals surface area contributed by atoms with Gasteiger partial charge < -0.3 is 24.4 Å². The highest BCUT2D eigenvalue weighted by molar-refractivity contribution is 7.80. The van der Waals surface area contributed by atoms with Gasteiger partial charge in [0.25, 0.3) is 0 Å². The van der Waals surface area contributed by atoms with Crippen LogP contribution in [0.1, 0.15) is 36.1 Å². The average Bonchev–Trinajstić information content (AvgIpc) is 2.93. The summed E-state index contributed by atoms with van der Waals surface area (Å²) in [5.74, 6) is 0.982. The highest BCUT2D eigenvalue weighted by Crippen LogP contribution is 2.41. The predicted octanol–water partition coefficient (Wildman–Crippen LogP) is 6.15. The van der Waals surface area contributed by atoms with Crippen molar-refractivity contribution in [3.05, 3.63) is 101 Å². The van der Waals surface area contributed by atoms with E-state index in [1.54, 1.807) is 13.2 Å². The van der Waals surface area contributed by atoms with Crippen molar-refractivity contribution in [1.29, 1.82) is 0 Å². The lowest BCUT2D eigenvalue weighted by Gasteiger charge is -2.31. The van der Waals surface area contributed by atoms with Crippen molar-refractivity contribution < 1.29 is 19.0 Å². The summed E-state index contributed by atoms with van der Waals surface area (Å²) in [6, 6.07) is 22.0. The van der Waals surface area contributed by atoms with E-state index in [1.165, 1.54) is 13.2 Å². The number of hydrogen-bond acceptors (Lipinski definition) is 5. The van der Waals surface area contributed by atoms with Crippen molar-refractivity contribution in [2.75, 3.05) is 19.1 Å². The van der Waals surface area contributed by atoms with Gasteiger partial charge in [0.1, 0.15) is 5.60 Å². The number of benzene rings is 3. The normalized spacial score (nSPS) is 13.4. The van der Waals surface area contributed by atoms with Crippen LogP contribution in [0.3, 0.4) is 0 Å². The molecule has 1 heterocycles. The highest BCUT2D eigenvalue weighted by atomic mass is 32.1. The number of carbonyl (C=O) groups excluding carboxylic acids is 1. The van der Waals surface area contributed by atoms with Crippen LogP contribution in [0, 0.1) is 0 Å². The van der Waals surface area contributed by atoms with Gasteiger partial charge in [-0.15, -0.1) is 0 Å². The Balaban J connectivity index is 1.68. The molecule has 0 saturated carbocycles. The van der Waals surface area contributed by atoms with E-state index in [9.17, 15) is 4.79 Å². The molecule has 3 aromatic rings. The summed E-state index contributed by atoms with van der Waals surface area (Å²) in [6.07, 6.45) is 7.22. The minimum atomic E-state index is -0.439. The van der Waals surface area contributed by atoms with Gasteiger partial charge in [-0.2, -0.15) is 0 Å². The van der Waals surface area contributed by atoms with E-state index in [1.807, 2.05) is 79.4 Å². The number of fused-ring (bicyclic) bond motifs is 1. The first-order valence-electron chi connectivity index (χ1n) is 12.3. The van der Waals surface area contributed by atoms with Gasteiger partial charge in [0.15, 0.2) is 16.6 Å². The third-order valence-electron chi connectivity index (χ3n) is 6.11. The molecule has 0 amide bonds. The zero-order valence-corrected chi connectivity index (χ0v) is 22.9. The number of hydrogen-bond donors (Lipinski definition) is 1. The van der Waals surface area contributed by atoms with Gasteiger partial charge in [0.05, 0.1) is 20.8 Å². The van der Waals surface area contributed by atoms with Crippen LogP contribution in [-0.4, -0.2) is 30.9 Å². The number of ether oxygens (including phenoxy) is 3. The van der Waals surface area contributed by atoms with Crippen molar-refractivity contribution in [3.63, 3.8) is 0 Å². The molecule has 0 spiro atoms. The Labute approximate surface area is 229 Å². The lowest BCUT2D eigenvalue weighted by molar-refractivity contribution is -0.134.